The minimum absolute atomic E-state index is 0.0638. The van der Waals surface area contributed by atoms with Gasteiger partial charge in [-0.3, -0.25) is 0 Å². The predicted molar refractivity (Wildman–Crippen MR) is 74.5 cm³/mol. The van der Waals surface area contributed by atoms with Crippen LogP contribution in [0.3, 0.4) is 0 Å². The maximum Gasteiger partial charge on any atom is 0.238 e. The van der Waals surface area contributed by atoms with Crippen LogP contribution in [0.15, 0.2) is 12.3 Å². The van der Waals surface area contributed by atoms with Crippen molar-refractivity contribution in [2.75, 3.05) is 20.1 Å². The molecule has 112 valence electrons. The van der Waals surface area contributed by atoms with Crippen LogP contribution < -0.4 is 0 Å². The Labute approximate surface area is 115 Å². The summed E-state index contributed by atoms with van der Waals surface area (Å²) >= 11 is 0. The van der Waals surface area contributed by atoms with Crippen molar-refractivity contribution in [3.63, 3.8) is 0 Å². The number of rotatable bonds is 4. The summed E-state index contributed by atoms with van der Waals surface area (Å²) in [6.45, 7) is 11.7. The van der Waals surface area contributed by atoms with E-state index in [0.717, 1.165) is 13.0 Å². The number of nitrogens with zero attached hydrogens (tertiary/aromatic N) is 1. The summed E-state index contributed by atoms with van der Waals surface area (Å²) in [5.74, 6) is 0.432. The third-order valence-electron chi connectivity index (χ3n) is 4.42. The molecule has 1 aliphatic heterocycles. The average Bonchev–Trinajstić information content (AvgIpc) is 2.24. The molecule has 1 aliphatic rings. The zero-order chi connectivity index (χ0) is 14.8. The first-order valence-electron chi connectivity index (χ1n) is 6.92. The van der Waals surface area contributed by atoms with Gasteiger partial charge in [-0.1, -0.05) is 27.4 Å². The van der Waals surface area contributed by atoms with Gasteiger partial charge in [-0.05, 0) is 31.2 Å². The Morgan fingerprint density at radius 1 is 1.47 bits per heavy atom. The van der Waals surface area contributed by atoms with E-state index in [-0.39, 0.29) is 17.6 Å². The van der Waals surface area contributed by atoms with Crippen molar-refractivity contribution in [3.05, 3.63) is 12.3 Å². The lowest BCUT2D eigenvalue weighted by molar-refractivity contribution is -0.0000723. The van der Waals surface area contributed by atoms with Crippen molar-refractivity contribution in [1.82, 2.24) is 4.90 Å². The lowest BCUT2D eigenvalue weighted by atomic mass is 9.65. The van der Waals surface area contributed by atoms with Crippen molar-refractivity contribution >= 4 is 0 Å². The van der Waals surface area contributed by atoms with E-state index < -0.39 is 11.8 Å². The molecule has 1 N–H and O–H groups in total. The number of likely N-dealkylation sites (tertiary alicyclic amines) is 1. The second-order valence-electron chi connectivity index (χ2n) is 7.12. The second kappa shape index (κ2) is 5.78. The van der Waals surface area contributed by atoms with Crippen LogP contribution in [0.1, 0.15) is 40.0 Å². The maximum absolute atomic E-state index is 12.5. The van der Waals surface area contributed by atoms with E-state index in [0.29, 0.717) is 18.9 Å². The van der Waals surface area contributed by atoms with Crippen LogP contribution in [0.5, 0.6) is 0 Å². The lowest BCUT2D eigenvalue weighted by Crippen LogP contribution is -2.49. The zero-order valence-electron chi connectivity index (χ0n) is 12.5. The summed E-state index contributed by atoms with van der Waals surface area (Å²) in [7, 11) is 1.98. The molecule has 0 radical (unpaired) electrons. The van der Waals surface area contributed by atoms with E-state index in [1.807, 2.05) is 7.05 Å². The highest BCUT2D eigenvalue weighted by molar-refractivity contribution is 5.08. The van der Waals surface area contributed by atoms with Gasteiger partial charge in [-0.2, -0.15) is 0 Å². The molecule has 1 saturated heterocycles. The Kier molecular flexibility index (Phi) is 4.99. The molecule has 2 nitrogen and oxygen atoms in total. The molecule has 0 aromatic heterocycles. The predicted octanol–water partition coefficient (Wildman–Crippen LogP) is 4.09. The monoisotopic (exact) mass is 275 g/mol. The molecule has 0 saturated carbocycles. The molecule has 0 amide bonds. The molecule has 2 atom stereocenters. The van der Waals surface area contributed by atoms with E-state index in [2.05, 4.69) is 32.3 Å². The topological polar surface area (TPSA) is 23.5 Å². The summed E-state index contributed by atoms with van der Waals surface area (Å²) in [5, 5.41) is 9.98. The summed E-state index contributed by atoms with van der Waals surface area (Å²) in [5.41, 5.74) is -0.485. The highest BCUT2D eigenvalue weighted by Gasteiger charge is 2.44. The van der Waals surface area contributed by atoms with Gasteiger partial charge in [0.2, 0.25) is 6.43 Å². The molecule has 0 spiro atoms. The quantitative estimate of drug-likeness (QED) is 0.781. The first-order valence-corrected chi connectivity index (χ1v) is 6.92. The Bertz CT molecular complexity index is 325. The third-order valence-corrected chi connectivity index (χ3v) is 4.42. The normalized spacial score (nSPS) is 29.7. The van der Waals surface area contributed by atoms with E-state index >= 15 is 0 Å². The van der Waals surface area contributed by atoms with Crippen molar-refractivity contribution in [2.45, 2.75) is 46.5 Å². The highest BCUT2D eigenvalue weighted by atomic mass is 19.3. The van der Waals surface area contributed by atoms with Crippen LogP contribution in [-0.4, -0.2) is 36.6 Å². The van der Waals surface area contributed by atoms with Crippen molar-refractivity contribution in [3.8, 4) is 0 Å². The van der Waals surface area contributed by atoms with Crippen LogP contribution >= 0.6 is 0 Å². The summed E-state index contributed by atoms with van der Waals surface area (Å²) in [6.07, 6.45) is -1.46. The molecular weight excluding hydrogens is 248 g/mol. The van der Waals surface area contributed by atoms with Gasteiger partial charge < -0.3 is 10.0 Å². The SMILES string of the molecule is C=C(O)[C@]1(CCC(F)F)C[C@@H](C(C)(C)C)CN(C)C1. The zero-order valence-corrected chi connectivity index (χ0v) is 12.5. The molecule has 1 heterocycles. The molecule has 1 rings (SSSR count). The summed E-state index contributed by atoms with van der Waals surface area (Å²) in [4.78, 5) is 2.13. The minimum Gasteiger partial charge on any atom is -0.512 e. The van der Waals surface area contributed by atoms with E-state index in [4.69, 9.17) is 0 Å². The Morgan fingerprint density at radius 3 is 2.47 bits per heavy atom. The highest BCUT2D eigenvalue weighted by Crippen LogP contribution is 2.46. The van der Waals surface area contributed by atoms with Gasteiger partial charge >= 0.3 is 0 Å². The largest absolute Gasteiger partial charge is 0.512 e. The van der Waals surface area contributed by atoms with Gasteiger partial charge in [0.25, 0.3) is 0 Å². The molecule has 1 fully saturated rings. The van der Waals surface area contributed by atoms with Crippen molar-refractivity contribution in [2.24, 2.45) is 16.7 Å². The molecule has 0 aromatic carbocycles. The van der Waals surface area contributed by atoms with Crippen LogP contribution in [0.4, 0.5) is 8.78 Å². The maximum atomic E-state index is 12.5. The molecule has 0 bridgehead atoms. The minimum atomic E-state index is -2.32. The van der Waals surface area contributed by atoms with Gasteiger partial charge in [0, 0.05) is 24.9 Å². The first kappa shape index (κ1) is 16.4. The summed E-state index contributed by atoms with van der Waals surface area (Å²) in [6, 6.07) is 0. The number of hydrogen-bond acceptors (Lipinski definition) is 2. The van der Waals surface area contributed by atoms with E-state index in [1.54, 1.807) is 0 Å². The number of hydrogen-bond donors (Lipinski definition) is 1. The Morgan fingerprint density at radius 2 is 2.05 bits per heavy atom. The van der Waals surface area contributed by atoms with Gasteiger partial charge in [0.05, 0.1) is 5.76 Å². The molecule has 0 aromatic rings. The van der Waals surface area contributed by atoms with Crippen LogP contribution in [0.2, 0.25) is 0 Å². The standard InChI is InChI=1S/C15H27F2NO/c1-11(19)15(7-6-13(16)17)8-12(14(2,3)4)9-18(5)10-15/h12-13,19H,1,6-10H2,2-5H3/t12-,15-/m1/s1. The Hall–Kier alpha value is -0.640. The fourth-order valence-corrected chi connectivity index (χ4v) is 3.06. The van der Waals surface area contributed by atoms with E-state index in [9.17, 15) is 13.9 Å². The van der Waals surface area contributed by atoms with Gasteiger partial charge in [0.1, 0.15) is 0 Å². The number of aliphatic hydroxyl groups is 1. The lowest BCUT2D eigenvalue weighted by Gasteiger charge is -2.48. The molecule has 4 heteroatoms. The Balaban J connectivity index is 2.92. The number of piperidine rings is 1. The van der Waals surface area contributed by atoms with E-state index in [1.165, 1.54) is 0 Å². The molecular formula is C15H27F2NO. The average molecular weight is 275 g/mol. The molecule has 0 aliphatic carbocycles. The molecule has 19 heavy (non-hydrogen) atoms. The van der Waals surface area contributed by atoms with Gasteiger partial charge in [-0.25, -0.2) is 8.78 Å². The number of alkyl halides is 2. The van der Waals surface area contributed by atoms with Crippen LogP contribution in [-0.2, 0) is 0 Å². The van der Waals surface area contributed by atoms with Crippen molar-refractivity contribution < 1.29 is 13.9 Å². The fourth-order valence-electron chi connectivity index (χ4n) is 3.06. The van der Waals surface area contributed by atoms with Crippen molar-refractivity contribution in [1.29, 1.82) is 0 Å². The second-order valence-corrected chi connectivity index (χ2v) is 7.12. The van der Waals surface area contributed by atoms with Gasteiger partial charge in [-0.15, -0.1) is 0 Å². The summed E-state index contributed by atoms with van der Waals surface area (Å²) < 4.78 is 25.1. The smallest absolute Gasteiger partial charge is 0.238 e. The number of halogens is 2. The van der Waals surface area contributed by atoms with Crippen LogP contribution in [0.25, 0.3) is 0 Å². The number of aliphatic hydroxyl groups excluding tert-OH is 1. The first-order chi connectivity index (χ1) is 8.57. The van der Waals surface area contributed by atoms with Gasteiger partial charge in [0.15, 0.2) is 0 Å². The van der Waals surface area contributed by atoms with Crippen LogP contribution in [0, 0.1) is 16.7 Å². The fraction of sp³-hybridized carbons (Fsp3) is 0.867. The third kappa shape index (κ3) is 4.16. The molecule has 0 unspecified atom stereocenters.